The van der Waals surface area contributed by atoms with E-state index in [2.05, 4.69) is 10.1 Å². The summed E-state index contributed by atoms with van der Waals surface area (Å²) in [5, 5.41) is 2.30. The number of benzene rings is 3. The molecule has 0 fully saturated rings. The number of amides is 1. The Morgan fingerprint density at radius 2 is 1.33 bits per heavy atom. The van der Waals surface area contributed by atoms with Crippen molar-refractivity contribution in [3.05, 3.63) is 88.7 Å². The van der Waals surface area contributed by atoms with Gasteiger partial charge in [-0.2, -0.15) is 20.5 Å². The quantitative estimate of drug-likeness (QED) is 0.113. The van der Waals surface area contributed by atoms with Gasteiger partial charge in [0.2, 0.25) is 34.8 Å². The molecule has 4 rings (SSSR count). The first kappa shape index (κ1) is 28.4. The summed E-state index contributed by atoms with van der Waals surface area (Å²) in [7, 11) is 0. The average Bonchev–Trinajstić information content (AvgIpc) is 3.23. The molecule has 0 radical (unpaired) electrons. The van der Waals surface area contributed by atoms with Crippen molar-refractivity contribution in [2.24, 2.45) is 0 Å². The van der Waals surface area contributed by atoms with Gasteiger partial charge in [-0.25, -0.2) is 22.8 Å². The SMILES string of the molecule is CC(C)(C)SC[C@H](NC(=O)OCC1c2ccccc2-c2ccccc21)C(=O)Oc1c(F)c(F)c(F)c(F)c1F. The van der Waals surface area contributed by atoms with E-state index in [-0.39, 0.29) is 18.3 Å². The molecule has 39 heavy (non-hydrogen) atoms. The van der Waals surface area contributed by atoms with Crippen LogP contribution in [0.2, 0.25) is 0 Å². The van der Waals surface area contributed by atoms with E-state index >= 15 is 0 Å². The number of rotatable bonds is 7. The molecule has 0 spiro atoms. The second-order valence-electron chi connectivity index (χ2n) is 9.77. The van der Waals surface area contributed by atoms with Crippen molar-refractivity contribution < 1.29 is 41.0 Å². The zero-order valence-electron chi connectivity index (χ0n) is 21.1. The minimum Gasteiger partial charge on any atom is -0.449 e. The smallest absolute Gasteiger partial charge is 0.407 e. The molecular formula is C28H24F5NO4S. The number of alkyl carbamates (subject to hydrolysis) is 1. The van der Waals surface area contributed by atoms with Crippen LogP contribution in [0.25, 0.3) is 11.1 Å². The number of thioether (sulfide) groups is 1. The molecular weight excluding hydrogens is 541 g/mol. The van der Waals surface area contributed by atoms with Crippen LogP contribution in [0, 0.1) is 29.1 Å². The van der Waals surface area contributed by atoms with Crippen LogP contribution in [0.15, 0.2) is 48.5 Å². The molecule has 3 aromatic carbocycles. The molecule has 0 saturated carbocycles. The monoisotopic (exact) mass is 565 g/mol. The van der Waals surface area contributed by atoms with Crippen molar-refractivity contribution in [1.29, 1.82) is 0 Å². The summed E-state index contributed by atoms with van der Waals surface area (Å²) in [6.45, 7) is 5.37. The standard InChI is InChI=1S/C28H24F5NO4S/c1-28(2,3)39-13-19(26(35)38-25-23(32)21(30)20(29)22(31)24(25)33)34-27(36)37-12-18-16-10-6-4-8-14(16)15-9-5-7-11-17(15)18/h4-11,18-19H,12-13H2,1-3H3,(H,34,36)/t19-/m0/s1. The third kappa shape index (κ3) is 6.03. The fraction of sp³-hybridized carbons (Fsp3) is 0.286. The van der Waals surface area contributed by atoms with Crippen LogP contribution in [-0.4, -0.2) is 35.2 Å². The van der Waals surface area contributed by atoms with E-state index in [1.807, 2.05) is 69.3 Å². The van der Waals surface area contributed by atoms with Gasteiger partial charge < -0.3 is 14.8 Å². The Morgan fingerprint density at radius 3 is 1.85 bits per heavy atom. The van der Waals surface area contributed by atoms with E-state index < -0.39 is 57.7 Å². The largest absolute Gasteiger partial charge is 0.449 e. The van der Waals surface area contributed by atoms with Gasteiger partial charge in [0.1, 0.15) is 12.6 Å². The van der Waals surface area contributed by atoms with Crippen molar-refractivity contribution in [2.75, 3.05) is 12.4 Å². The lowest BCUT2D eigenvalue weighted by Crippen LogP contribution is -2.46. The Hall–Kier alpha value is -3.60. The lowest BCUT2D eigenvalue weighted by atomic mass is 9.98. The fourth-order valence-electron chi connectivity index (χ4n) is 4.13. The minimum atomic E-state index is -2.39. The van der Waals surface area contributed by atoms with Gasteiger partial charge in [0.15, 0.2) is 0 Å². The Morgan fingerprint density at radius 1 is 0.846 bits per heavy atom. The summed E-state index contributed by atoms with van der Waals surface area (Å²) < 4.78 is 78.3. The summed E-state index contributed by atoms with van der Waals surface area (Å²) in [5.41, 5.74) is 3.93. The van der Waals surface area contributed by atoms with Crippen molar-refractivity contribution in [3.8, 4) is 16.9 Å². The van der Waals surface area contributed by atoms with Crippen LogP contribution in [-0.2, 0) is 9.53 Å². The molecule has 11 heteroatoms. The van der Waals surface area contributed by atoms with Gasteiger partial charge >= 0.3 is 12.1 Å². The molecule has 1 aliphatic rings. The predicted octanol–water partition coefficient (Wildman–Crippen LogP) is 6.73. The van der Waals surface area contributed by atoms with Gasteiger partial charge in [0, 0.05) is 16.4 Å². The number of hydrogen-bond acceptors (Lipinski definition) is 5. The van der Waals surface area contributed by atoms with Gasteiger partial charge in [0.25, 0.3) is 0 Å². The maximum absolute atomic E-state index is 14.1. The van der Waals surface area contributed by atoms with E-state index in [0.29, 0.717) is 0 Å². The molecule has 3 aromatic rings. The molecule has 0 unspecified atom stereocenters. The highest BCUT2D eigenvalue weighted by Gasteiger charge is 2.33. The number of fused-ring (bicyclic) bond motifs is 3. The molecule has 0 heterocycles. The normalized spacial score (nSPS) is 13.4. The topological polar surface area (TPSA) is 64.6 Å². The van der Waals surface area contributed by atoms with E-state index in [1.165, 1.54) is 11.8 Å². The van der Waals surface area contributed by atoms with E-state index in [9.17, 15) is 31.5 Å². The van der Waals surface area contributed by atoms with Crippen LogP contribution in [0.1, 0.15) is 37.8 Å². The average molecular weight is 566 g/mol. The molecule has 1 N–H and O–H groups in total. The highest BCUT2D eigenvalue weighted by molar-refractivity contribution is 8.00. The first-order valence-corrected chi connectivity index (χ1v) is 12.9. The summed E-state index contributed by atoms with van der Waals surface area (Å²) in [6, 6.07) is 13.8. The van der Waals surface area contributed by atoms with Crippen molar-refractivity contribution >= 4 is 23.8 Å². The van der Waals surface area contributed by atoms with Gasteiger partial charge in [0.05, 0.1) is 0 Å². The number of hydrogen-bond donors (Lipinski definition) is 1. The second kappa shape index (κ2) is 11.3. The summed E-state index contributed by atoms with van der Waals surface area (Å²) in [4.78, 5) is 25.5. The Labute approximate surface area is 225 Å². The fourth-order valence-corrected chi connectivity index (χ4v) is 5.02. The number of ether oxygens (including phenoxy) is 2. The molecule has 206 valence electrons. The zero-order valence-corrected chi connectivity index (χ0v) is 21.9. The van der Waals surface area contributed by atoms with E-state index in [1.54, 1.807) is 0 Å². The van der Waals surface area contributed by atoms with E-state index in [4.69, 9.17) is 4.74 Å². The predicted molar refractivity (Wildman–Crippen MR) is 136 cm³/mol. The van der Waals surface area contributed by atoms with Crippen LogP contribution >= 0.6 is 11.8 Å². The molecule has 1 aliphatic carbocycles. The zero-order chi connectivity index (χ0) is 28.5. The molecule has 0 bridgehead atoms. The minimum absolute atomic E-state index is 0.0777. The first-order chi connectivity index (χ1) is 18.4. The molecule has 0 aliphatic heterocycles. The maximum Gasteiger partial charge on any atom is 0.407 e. The molecule has 5 nitrogen and oxygen atoms in total. The maximum atomic E-state index is 14.1. The summed E-state index contributed by atoms with van der Waals surface area (Å²) >= 11 is 1.20. The Bertz CT molecular complexity index is 1350. The van der Waals surface area contributed by atoms with Crippen LogP contribution in [0.5, 0.6) is 5.75 Å². The Kier molecular flexibility index (Phi) is 8.20. The third-order valence-electron chi connectivity index (χ3n) is 5.98. The van der Waals surface area contributed by atoms with Crippen LogP contribution in [0.4, 0.5) is 26.7 Å². The van der Waals surface area contributed by atoms with Gasteiger partial charge in [-0.15, -0.1) is 0 Å². The van der Waals surface area contributed by atoms with Gasteiger partial charge in [-0.05, 0) is 22.3 Å². The number of esters is 1. The first-order valence-electron chi connectivity index (χ1n) is 11.9. The number of carbonyl (C=O) groups excluding carboxylic acids is 2. The Balaban J connectivity index is 1.50. The molecule has 1 amide bonds. The highest BCUT2D eigenvalue weighted by Crippen LogP contribution is 2.44. The lowest BCUT2D eigenvalue weighted by molar-refractivity contribution is -0.136. The van der Waals surface area contributed by atoms with Crippen molar-refractivity contribution in [1.82, 2.24) is 5.32 Å². The highest BCUT2D eigenvalue weighted by atomic mass is 32.2. The molecule has 1 atom stereocenters. The van der Waals surface area contributed by atoms with E-state index in [0.717, 1.165) is 22.3 Å². The van der Waals surface area contributed by atoms with Crippen molar-refractivity contribution in [3.63, 3.8) is 0 Å². The number of carbonyl (C=O) groups is 2. The summed E-state index contributed by atoms with van der Waals surface area (Å²) in [6.07, 6.45) is -1.02. The van der Waals surface area contributed by atoms with Gasteiger partial charge in [-0.1, -0.05) is 69.3 Å². The number of nitrogens with one attached hydrogen (secondary N) is 1. The summed E-state index contributed by atoms with van der Waals surface area (Å²) in [5.74, 6) is -15.1. The van der Waals surface area contributed by atoms with Crippen LogP contribution < -0.4 is 10.1 Å². The second-order valence-corrected chi connectivity index (χ2v) is 11.6. The number of halogens is 5. The lowest BCUT2D eigenvalue weighted by Gasteiger charge is -2.23. The molecule has 0 saturated heterocycles. The molecule has 0 aromatic heterocycles. The van der Waals surface area contributed by atoms with Crippen molar-refractivity contribution in [2.45, 2.75) is 37.5 Å². The van der Waals surface area contributed by atoms with Crippen LogP contribution in [0.3, 0.4) is 0 Å². The van der Waals surface area contributed by atoms with Gasteiger partial charge in [-0.3, -0.25) is 0 Å². The third-order valence-corrected chi connectivity index (χ3v) is 7.34.